The van der Waals surface area contributed by atoms with E-state index in [4.69, 9.17) is 5.11 Å². The summed E-state index contributed by atoms with van der Waals surface area (Å²) in [6.45, 7) is 4.87. The summed E-state index contributed by atoms with van der Waals surface area (Å²) < 4.78 is 0. The van der Waals surface area contributed by atoms with Gasteiger partial charge in [0, 0.05) is 20.1 Å². The topological polar surface area (TPSA) is 86.6 Å². The van der Waals surface area contributed by atoms with Crippen molar-refractivity contribution in [3.63, 3.8) is 0 Å². The van der Waals surface area contributed by atoms with Crippen molar-refractivity contribution in [2.24, 2.45) is 0 Å². The van der Waals surface area contributed by atoms with Gasteiger partial charge in [-0.1, -0.05) is 0 Å². The molecule has 0 spiro atoms. The van der Waals surface area contributed by atoms with Crippen molar-refractivity contribution in [2.45, 2.75) is 19.4 Å². The number of likely N-dealkylation sites (N-methyl/N-ethyl adjacent to an activating group) is 1. The number of hydrogen-bond acceptors (Lipinski definition) is 5. The van der Waals surface area contributed by atoms with Gasteiger partial charge < -0.3 is 14.9 Å². The first kappa shape index (κ1) is 13.3. The lowest BCUT2D eigenvalue weighted by molar-refractivity contribution is -0.136. The summed E-state index contributed by atoms with van der Waals surface area (Å²) in [5, 5.41) is 16.3. The van der Waals surface area contributed by atoms with Gasteiger partial charge in [0.2, 0.25) is 5.91 Å². The molecule has 1 aliphatic heterocycles. The van der Waals surface area contributed by atoms with Gasteiger partial charge in [-0.15, -0.1) is 10.2 Å². The first-order valence-electron chi connectivity index (χ1n) is 5.94. The average molecular weight is 264 g/mol. The third kappa shape index (κ3) is 2.23. The molecular formula is C12H16N4O3. The van der Waals surface area contributed by atoms with Gasteiger partial charge in [-0.05, 0) is 26.0 Å². The predicted octanol–water partition coefficient (Wildman–Crippen LogP) is 0.232. The highest BCUT2D eigenvalue weighted by Crippen LogP contribution is 2.26. The number of carbonyl (C=O) groups is 2. The summed E-state index contributed by atoms with van der Waals surface area (Å²) in [5.74, 6) is -0.605. The maximum Gasteiger partial charge on any atom is 0.356 e. The highest BCUT2D eigenvalue weighted by Gasteiger charge is 2.41. The first-order chi connectivity index (χ1) is 8.84. The summed E-state index contributed by atoms with van der Waals surface area (Å²) in [7, 11) is 1.76. The summed E-state index contributed by atoms with van der Waals surface area (Å²) >= 11 is 0. The third-order valence-electron chi connectivity index (χ3n) is 3.35. The van der Waals surface area contributed by atoms with E-state index in [0.29, 0.717) is 18.9 Å². The molecule has 0 aromatic carbocycles. The minimum Gasteiger partial charge on any atom is -0.476 e. The summed E-state index contributed by atoms with van der Waals surface area (Å²) in [4.78, 5) is 26.4. The van der Waals surface area contributed by atoms with E-state index < -0.39 is 11.5 Å². The molecule has 102 valence electrons. The van der Waals surface area contributed by atoms with E-state index in [1.165, 1.54) is 6.07 Å². The van der Waals surface area contributed by atoms with Crippen LogP contribution >= 0.6 is 0 Å². The van der Waals surface area contributed by atoms with Crippen LogP contribution in [-0.4, -0.2) is 57.8 Å². The standard InChI is InChI=1S/C12H16N4O3/c1-12(2)11(19)15(3)6-7-16(12)9-5-4-8(10(17)18)13-14-9/h4-5H,6-7H2,1-3H3,(H,17,18). The molecule has 1 amide bonds. The second-order valence-corrected chi connectivity index (χ2v) is 5.02. The van der Waals surface area contributed by atoms with Crippen molar-refractivity contribution in [3.05, 3.63) is 17.8 Å². The second-order valence-electron chi connectivity index (χ2n) is 5.02. The van der Waals surface area contributed by atoms with E-state index in [2.05, 4.69) is 10.2 Å². The van der Waals surface area contributed by atoms with Gasteiger partial charge in [0.15, 0.2) is 11.5 Å². The lowest BCUT2D eigenvalue weighted by atomic mass is 9.98. The van der Waals surface area contributed by atoms with Crippen molar-refractivity contribution in [2.75, 3.05) is 25.0 Å². The smallest absolute Gasteiger partial charge is 0.356 e. The minimum absolute atomic E-state index is 0.00265. The van der Waals surface area contributed by atoms with Gasteiger partial charge in [0.05, 0.1) is 0 Å². The second kappa shape index (κ2) is 4.49. The predicted molar refractivity (Wildman–Crippen MR) is 68.1 cm³/mol. The lowest BCUT2D eigenvalue weighted by Crippen LogP contribution is -2.62. The molecule has 2 heterocycles. The van der Waals surface area contributed by atoms with Crippen LogP contribution in [-0.2, 0) is 4.79 Å². The number of amides is 1. The molecule has 1 saturated heterocycles. The Hall–Kier alpha value is -2.18. The molecule has 0 aliphatic carbocycles. The number of carbonyl (C=O) groups excluding carboxylic acids is 1. The molecule has 1 aromatic rings. The molecule has 0 radical (unpaired) electrons. The van der Waals surface area contributed by atoms with Crippen molar-refractivity contribution in [3.8, 4) is 0 Å². The SMILES string of the molecule is CN1CCN(c2ccc(C(=O)O)nn2)C(C)(C)C1=O. The van der Waals surface area contributed by atoms with Crippen LogP contribution < -0.4 is 4.90 Å². The number of aromatic carboxylic acids is 1. The van der Waals surface area contributed by atoms with Crippen LogP contribution in [0.5, 0.6) is 0 Å². The number of rotatable bonds is 2. The van der Waals surface area contributed by atoms with E-state index in [1.54, 1.807) is 18.0 Å². The Labute approximate surface area is 110 Å². The Morgan fingerprint density at radius 3 is 2.53 bits per heavy atom. The molecule has 0 atom stereocenters. The first-order valence-corrected chi connectivity index (χ1v) is 5.94. The van der Waals surface area contributed by atoms with Crippen molar-refractivity contribution in [1.29, 1.82) is 0 Å². The molecule has 19 heavy (non-hydrogen) atoms. The molecule has 0 saturated carbocycles. The molecule has 7 nitrogen and oxygen atoms in total. The number of carboxylic acids is 1. The quantitative estimate of drug-likeness (QED) is 0.823. The largest absolute Gasteiger partial charge is 0.476 e. The third-order valence-corrected chi connectivity index (χ3v) is 3.35. The Balaban J connectivity index is 2.31. The van der Waals surface area contributed by atoms with Gasteiger partial charge in [0.1, 0.15) is 5.54 Å². The minimum atomic E-state index is -1.12. The summed E-state index contributed by atoms with van der Waals surface area (Å²) in [5.41, 5.74) is -0.825. The number of nitrogens with zero attached hydrogens (tertiary/aromatic N) is 4. The molecule has 2 rings (SSSR count). The van der Waals surface area contributed by atoms with Crippen molar-refractivity contribution >= 4 is 17.7 Å². The number of aromatic nitrogens is 2. The Kier molecular flexibility index (Phi) is 3.13. The zero-order chi connectivity index (χ0) is 14.2. The van der Waals surface area contributed by atoms with Crippen LogP contribution in [0.25, 0.3) is 0 Å². The zero-order valence-electron chi connectivity index (χ0n) is 11.1. The molecular weight excluding hydrogens is 248 g/mol. The molecule has 1 aliphatic rings. The number of carboxylic acid groups (broad SMARTS) is 1. The lowest BCUT2D eigenvalue weighted by Gasteiger charge is -2.45. The zero-order valence-corrected chi connectivity index (χ0v) is 11.1. The van der Waals surface area contributed by atoms with Crippen LogP contribution in [0.2, 0.25) is 0 Å². The monoisotopic (exact) mass is 264 g/mol. The normalized spacial score (nSPS) is 18.6. The van der Waals surface area contributed by atoms with Crippen molar-refractivity contribution < 1.29 is 14.7 Å². The van der Waals surface area contributed by atoms with Gasteiger partial charge in [-0.25, -0.2) is 4.79 Å². The molecule has 1 fully saturated rings. The maximum absolute atomic E-state index is 12.1. The summed E-state index contributed by atoms with van der Waals surface area (Å²) in [6, 6.07) is 2.97. The highest BCUT2D eigenvalue weighted by molar-refractivity contribution is 5.90. The van der Waals surface area contributed by atoms with Crippen LogP contribution in [0.4, 0.5) is 5.82 Å². The Morgan fingerprint density at radius 1 is 1.32 bits per heavy atom. The summed E-state index contributed by atoms with van der Waals surface area (Å²) in [6.07, 6.45) is 0. The van der Waals surface area contributed by atoms with Crippen molar-refractivity contribution in [1.82, 2.24) is 15.1 Å². The van der Waals surface area contributed by atoms with Crippen LogP contribution in [0.1, 0.15) is 24.3 Å². The molecule has 0 unspecified atom stereocenters. The van der Waals surface area contributed by atoms with Crippen LogP contribution in [0.15, 0.2) is 12.1 Å². The number of hydrogen-bond donors (Lipinski definition) is 1. The van der Waals surface area contributed by atoms with E-state index in [0.717, 1.165) is 0 Å². The van der Waals surface area contributed by atoms with Gasteiger partial charge in [-0.2, -0.15) is 0 Å². The molecule has 7 heteroatoms. The van der Waals surface area contributed by atoms with E-state index in [-0.39, 0.29) is 11.6 Å². The Morgan fingerprint density at radius 2 is 2.00 bits per heavy atom. The molecule has 1 N–H and O–H groups in total. The fraction of sp³-hybridized carbons (Fsp3) is 0.500. The maximum atomic E-state index is 12.1. The van der Waals surface area contributed by atoms with E-state index >= 15 is 0 Å². The van der Waals surface area contributed by atoms with E-state index in [1.807, 2.05) is 18.7 Å². The molecule has 1 aromatic heterocycles. The Bertz CT molecular complexity index is 512. The highest BCUT2D eigenvalue weighted by atomic mass is 16.4. The number of piperazine rings is 1. The fourth-order valence-corrected chi connectivity index (χ4v) is 2.20. The number of anilines is 1. The molecule has 0 bridgehead atoms. The van der Waals surface area contributed by atoms with Gasteiger partial charge in [-0.3, -0.25) is 4.79 Å². The fourth-order valence-electron chi connectivity index (χ4n) is 2.20. The van der Waals surface area contributed by atoms with Gasteiger partial charge >= 0.3 is 5.97 Å². The van der Waals surface area contributed by atoms with E-state index in [9.17, 15) is 9.59 Å². The van der Waals surface area contributed by atoms with Crippen LogP contribution in [0.3, 0.4) is 0 Å². The average Bonchev–Trinajstić information content (AvgIpc) is 2.36. The van der Waals surface area contributed by atoms with Crippen LogP contribution in [0, 0.1) is 0 Å². The van der Waals surface area contributed by atoms with Gasteiger partial charge in [0.25, 0.3) is 0 Å².